The minimum absolute atomic E-state index is 0.0571. The van der Waals surface area contributed by atoms with Crippen LogP contribution in [0.15, 0.2) is 30.9 Å². The van der Waals surface area contributed by atoms with E-state index in [2.05, 4.69) is 6.58 Å². The molecule has 1 aromatic carbocycles. The summed E-state index contributed by atoms with van der Waals surface area (Å²) in [6.07, 6.45) is 3.78. The monoisotopic (exact) mass is 332 g/mol. The van der Waals surface area contributed by atoms with Gasteiger partial charge in [-0.3, -0.25) is 9.59 Å². The second-order valence-electron chi connectivity index (χ2n) is 5.82. The van der Waals surface area contributed by atoms with Crippen LogP contribution in [0.4, 0.5) is 0 Å². The highest BCUT2D eigenvalue weighted by Crippen LogP contribution is 2.28. The van der Waals surface area contributed by atoms with Crippen molar-refractivity contribution in [2.45, 2.75) is 19.3 Å². The van der Waals surface area contributed by atoms with E-state index < -0.39 is 0 Å². The number of rotatable bonds is 7. The van der Waals surface area contributed by atoms with E-state index in [1.54, 1.807) is 18.1 Å². The summed E-state index contributed by atoms with van der Waals surface area (Å²) in [5, 5.41) is 0. The van der Waals surface area contributed by atoms with E-state index in [0.717, 1.165) is 12.0 Å². The molecule has 1 fully saturated rings. The van der Waals surface area contributed by atoms with Crippen molar-refractivity contribution in [2.24, 2.45) is 11.7 Å². The van der Waals surface area contributed by atoms with Crippen LogP contribution < -0.4 is 15.2 Å². The molecule has 24 heavy (non-hydrogen) atoms. The molecular formula is C18H24N2O4. The number of nitrogens with zero attached hydrogens (tertiary/aromatic N) is 1. The highest BCUT2D eigenvalue weighted by molar-refractivity contribution is 5.79. The number of allylic oxidation sites excluding steroid dienone is 1. The van der Waals surface area contributed by atoms with Crippen LogP contribution in [-0.2, 0) is 16.0 Å². The Balaban J connectivity index is 1.90. The van der Waals surface area contributed by atoms with Crippen LogP contribution in [0.5, 0.6) is 11.5 Å². The van der Waals surface area contributed by atoms with E-state index in [1.165, 1.54) is 0 Å². The summed E-state index contributed by atoms with van der Waals surface area (Å²) >= 11 is 0. The molecule has 0 radical (unpaired) electrons. The van der Waals surface area contributed by atoms with Crippen LogP contribution in [0, 0.1) is 5.92 Å². The van der Waals surface area contributed by atoms with E-state index in [0.29, 0.717) is 37.4 Å². The molecule has 2 N–H and O–H groups in total. The van der Waals surface area contributed by atoms with Gasteiger partial charge in [0.25, 0.3) is 5.91 Å². The predicted octanol–water partition coefficient (Wildman–Crippen LogP) is 1.53. The first kappa shape index (κ1) is 17.8. The summed E-state index contributed by atoms with van der Waals surface area (Å²) < 4.78 is 10.9. The third kappa shape index (κ3) is 4.50. The van der Waals surface area contributed by atoms with Crippen LogP contribution in [0.2, 0.25) is 0 Å². The number of nitrogens with two attached hydrogens (primary N) is 1. The lowest BCUT2D eigenvalue weighted by Crippen LogP contribution is -2.43. The molecule has 0 spiro atoms. The number of primary amides is 1. The first-order chi connectivity index (χ1) is 11.5. The zero-order valence-corrected chi connectivity index (χ0v) is 14.0. The fraction of sp³-hybridized carbons (Fsp3) is 0.444. The maximum atomic E-state index is 12.2. The van der Waals surface area contributed by atoms with Crippen molar-refractivity contribution in [3.05, 3.63) is 36.4 Å². The van der Waals surface area contributed by atoms with Gasteiger partial charge >= 0.3 is 0 Å². The minimum Gasteiger partial charge on any atom is -0.493 e. The van der Waals surface area contributed by atoms with Gasteiger partial charge in [0.2, 0.25) is 5.91 Å². The van der Waals surface area contributed by atoms with Crippen molar-refractivity contribution in [2.75, 3.05) is 26.8 Å². The van der Waals surface area contributed by atoms with Crippen LogP contribution in [0.1, 0.15) is 18.4 Å². The number of piperidine rings is 1. The van der Waals surface area contributed by atoms with Crippen LogP contribution in [0.25, 0.3) is 0 Å². The SMILES string of the molecule is C=CCc1ccc(OCC(=O)N2CCC(C(N)=O)CC2)c(OC)c1. The molecule has 0 aromatic heterocycles. The summed E-state index contributed by atoms with van der Waals surface area (Å²) in [5.41, 5.74) is 6.37. The van der Waals surface area contributed by atoms with Crippen molar-refractivity contribution < 1.29 is 19.1 Å². The van der Waals surface area contributed by atoms with Gasteiger partial charge in [-0.2, -0.15) is 0 Å². The fourth-order valence-electron chi connectivity index (χ4n) is 2.77. The quantitative estimate of drug-likeness (QED) is 0.768. The number of hydrogen-bond acceptors (Lipinski definition) is 4. The normalized spacial score (nSPS) is 15.0. The zero-order valence-electron chi connectivity index (χ0n) is 14.0. The number of likely N-dealkylation sites (tertiary alicyclic amines) is 1. The number of hydrogen-bond donors (Lipinski definition) is 1. The highest BCUT2D eigenvalue weighted by Gasteiger charge is 2.26. The molecular weight excluding hydrogens is 308 g/mol. The van der Waals surface area contributed by atoms with Gasteiger partial charge in [-0.15, -0.1) is 6.58 Å². The molecule has 6 nitrogen and oxygen atoms in total. The summed E-state index contributed by atoms with van der Waals surface area (Å²) in [5.74, 6) is 0.602. The van der Waals surface area contributed by atoms with Gasteiger partial charge in [-0.1, -0.05) is 12.1 Å². The molecule has 0 atom stereocenters. The molecule has 1 aliphatic rings. The van der Waals surface area contributed by atoms with Gasteiger partial charge in [-0.05, 0) is 37.0 Å². The van der Waals surface area contributed by atoms with Gasteiger partial charge < -0.3 is 20.1 Å². The Morgan fingerprint density at radius 3 is 2.62 bits per heavy atom. The van der Waals surface area contributed by atoms with Crippen molar-refractivity contribution in [1.29, 1.82) is 0 Å². The van der Waals surface area contributed by atoms with Crippen molar-refractivity contribution in [3.8, 4) is 11.5 Å². The first-order valence-corrected chi connectivity index (χ1v) is 8.02. The second kappa shape index (κ2) is 8.38. The lowest BCUT2D eigenvalue weighted by atomic mass is 9.96. The predicted molar refractivity (Wildman–Crippen MR) is 90.9 cm³/mol. The van der Waals surface area contributed by atoms with E-state index >= 15 is 0 Å². The molecule has 0 saturated carbocycles. The maximum absolute atomic E-state index is 12.2. The summed E-state index contributed by atoms with van der Waals surface area (Å²) in [4.78, 5) is 25.1. The van der Waals surface area contributed by atoms with Gasteiger partial charge in [0.05, 0.1) is 7.11 Å². The number of carbonyl (C=O) groups excluding carboxylic acids is 2. The molecule has 2 amide bonds. The van der Waals surface area contributed by atoms with Crippen LogP contribution >= 0.6 is 0 Å². The number of methoxy groups -OCH3 is 1. The Kier molecular flexibility index (Phi) is 6.23. The minimum atomic E-state index is -0.289. The highest BCUT2D eigenvalue weighted by atomic mass is 16.5. The summed E-state index contributed by atoms with van der Waals surface area (Å²) in [6.45, 7) is 4.72. The smallest absolute Gasteiger partial charge is 0.260 e. The molecule has 0 bridgehead atoms. The number of carbonyl (C=O) groups is 2. The van der Waals surface area contributed by atoms with Gasteiger partial charge in [0.15, 0.2) is 18.1 Å². The third-order valence-corrected chi connectivity index (χ3v) is 4.21. The maximum Gasteiger partial charge on any atom is 0.260 e. The van der Waals surface area contributed by atoms with Crippen molar-refractivity contribution in [3.63, 3.8) is 0 Å². The van der Waals surface area contributed by atoms with Crippen molar-refractivity contribution in [1.82, 2.24) is 4.90 Å². The number of amides is 2. The van der Waals surface area contributed by atoms with Gasteiger partial charge in [0, 0.05) is 19.0 Å². The molecule has 0 unspecified atom stereocenters. The van der Waals surface area contributed by atoms with E-state index in [-0.39, 0.29) is 24.3 Å². The number of benzene rings is 1. The van der Waals surface area contributed by atoms with Gasteiger partial charge in [-0.25, -0.2) is 0 Å². The standard InChI is InChI=1S/C18H24N2O4/c1-3-4-13-5-6-15(16(11-13)23-2)24-12-17(21)20-9-7-14(8-10-20)18(19)22/h3,5-6,11,14H,1,4,7-10,12H2,2H3,(H2,19,22). The molecule has 1 saturated heterocycles. The molecule has 1 heterocycles. The lowest BCUT2D eigenvalue weighted by molar-refractivity contribution is -0.136. The Labute approximate surface area is 142 Å². The zero-order chi connectivity index (χ0) is 17.5. The third-order valence-electron chi connectivity index (χ3n) is 4.21. The molecule has 130 valence electrons. The molecule has 1 aliphatic heterocycles. The Hall–Kier alpha value is -2.50. The van der Waals surface area contributed by atoms with E-state index in [9.17, 15) is 9.59 Å². The average Bonchev–Trinajstić information content (AvgIpc) is 2.60. The fourth-order valence-corrected chi connectivity index (χ4v) is 2.77. The number of ether oxygens (including phenoxy) is 2. The largest absolute Gasteiger partial charge is 0.493 e. The first-order valence-electron chi connectivity index (χ1n) is 8.02. The molecule has 2 rings (SSSR count). The second-order valence-corrected chi connectivity index (χ2v) is 5.82. The Bertz CT molecular complexity index is 607. The Morgan fingerprint density at radius 1 is 1.33 bits per heavy atom. The van der Waals surface area contributed by atoms with E-state index in [4.69, 9.17) is 15.2 Å². The van der Waals surface area contributed by atoms with Crippen LogP contribution in [-0.4, -0.2) is 43.5 Å². The average molecular weight is 332 g/mol. The molecule has 1 aromatic rings. The van der Waals surface area contributed by atoms with Crippen LogP contribution in [0.3, 0.4) is 0 Å². The molecule has 6 heteroatoms. The summed E-state index contributed by atoms with van der Waals surface area (Å²) in [7, 11) is 1.57. The lowest BCUT2D eigenvalue weighted by Gasteiger charge is -2.30. The van der Waals surface area contributed by atoms with Crippen molar-refractivity contribution >= 4 is 11.8 Å². The Morgan fingerprint density at radius 2 is 2.04 bits per heavy atom. The molecule has 0 aliphatic carbocycles. The van der Waals surface area contributed by atoms with E-state index in [1.807, 2.05) is 18.2 Å². The summed E-state index contributed by atoms with van der Waals surface area (Å²) in [6, 6.07) is 5.59. The topological polar surface area (TPSA) is 81.9 Å². The van der Waals surface area contributed by atoms with Gasteiger partial charge in [0.1, 0.15) is 0 Å².